The van der Waals surface area contributed by atoms with Gasteiger partial charge in [-0.15, -0.1) is 0 Å². The lowest BCUT2D eigenvalue weighted by Crippen LogP contribution is -2.52. The van der Waals surface area contributed by atoms with Crippen LogP contribution in [-0.2, 0) is 9.53 Å². The zero-order valence-corrected chi connectivity index (χ0v) is 13.1. The van der Waals surface area contributed by atoms with Crippen molar-refractivity contribution < 1.29 is 9.53 Å². The monoisotopic (exact) mass is 316 g/mol. The molecule has 0 aliphatic carbocycles. The third-order valence-corrected chi connectivity index (χ3v) is 4.41. The molecule has 1 fully saturated rings. The van der Waals surface area contributed by atoms with Crippen LogP contribution in [-0.4, -0.2) is 50.2 Å². The summed E-state index contributed by atoms with van der Waals surface area (Å²) < 4.78 is 4.78. The van der Waals surface area contributed by atoms with Gasteiger partial charge in [0.25, 0.3) is 0 Å². The summed E-state index contributed by atoms with van der Waals surface area (Å²) in [7, 11) is 1.42. The number of nitrogens with zero attached hydrogens (tertiary/aromatic N) is 2. The van der Waals surface area contributed by atoms with Crippen LogP contribution in [0.25, 0.3) is 0 Å². The number of piperazine rings is 1. The molecule has 20 heavy (non-hydrogen) atoms. The number of hydrogen-bond donors (Lipinski definition) is 0. The zero-order chi connectivity index (χ0) is 14.7. The van der Waals surface area contributed by atoms with E-state index in [1.54, 1.807) is 0 Å². The summed E-state index contributed by atoms with van der Waals surface area (Å²) in [5.41, 5.74) is 1.06. The second kappa shape index (κ2) is 6.66. The first-order chi connectivity index (χ1) is 9.52. The Hall–Kier alpha value is -0.970. The van der Waals surface area contributed by atoms with Gasteiger partial charge in [-0.3, -0.25) is 9.69 Å². The van der Waals surface area contributed by atoms with Crippen LogP contribution in [0.15, 0.2) is 18.2 Å². The molecule has 1 unspecified atom stereocenters. The van der Waals surface area contributed by atoms with Gasteiger partial charge in [-0.1, -0.05) is 23.2 Å². The van der Waals surface area contributed by atoms with E-state index in [1.807, 2.05) is 25.1 Å². The van der Waals surface area contributed by atoms with Gasteiger partial charge in [0.05, 0.1) is 17.2 Å². The summed E-state index contributed by atoms with van der Waals surface area (Å²) in [4.78, 5) is 15.9. The van der Waals surface area contributed by atoms with Crippen molar-refractivity contribution in [2.75, 3.05) is 38.2 Å². The fourth-order valence-electron chi connectivity index (χ4n) is 2.37. The Morgan fingerprint density at radius 3 is 2.40 bits per heavy atom. The van der Waals surface area contributed by atoms with E-state index in [4.69, 9.17) is 27.9 Å². The van der Waals surface area contributed by atoms with Crippen molar-refractivity contribution in [3.63, 3.8) is 0 Å². The molecule has 1 aliphatic heterocycles. The molecule has 0 N–H and O–H groups in total. The van der Waals surface area contributed by atoms with Gasteiger partial charge in [0.15, 0.2) is 0 Å². The first-order valence-corrected chi connectivity index (χ1v) is 7.30. The minimum absolute atomic E-state index is 0.187. The third-order valence-electron chi connectivity index (χ3n) is 3.67. The molecule has 6 heteroatoms. The maximum Gasteiger partial charge on any atom is 0.322 e. The van der Waals surface area contributed by atoms with Gasteiger partial charge in [0.1, 0.15) is 6.04 Å². The molecule has 1 saturated heterocycles. The predicted octanol–water partition coefficient (Wildman–Crippen LogP) is 2.68. The highest BCUT2D eigenvalue weighted by Gasteiger charge is 2.26. The normalized spacial score (nSPS) is 17.9. The highest BCUT2D eigenvalue weighted by Crippen LogP contribution is 2.27. The van der Waals surface area contributed by atoms with Crippen molar-refractivity contribution in [3.05, 3.63) is 28.2 Å². The summed E-state index contributed by atoms with van der Waals surface area (Å²) in [6.07, 6.45) is 0. The fourth-order valence-corrected chi connectivity index (χ4v) is 2.66. The van der Waals surface area contributed by atoms with Crippen LogP contribution in [0.3, 0.4) is 0 Å². The average molecular weight is 317 g/mol. The molecule has 1 heterocycles. The zero-order valence-electron chi connectivity index (χ0n) is 11.6. The van der Waals surface area contributed by atoms with E-state index in [-0.39, 0.29) is 12.0 Å². The summed E-state index contributed by atoms with van der Waals surface area (Å²) in [6.45, 7) is 5.20. The molecule has 0 bridgehead atoms. The molecule has 0 saturated carbocycles. The Balaban J connectivity index is 1.97. The Labute approximate surface area is 129 Å². The van der Waals surface area contributed by atoms with Crippen molar-refractivity contribution in [3.8, 4) is 0 Å². The van der Waals surface area contributed by atoms with Crippen LogP contribution in [0.4, 0.5) is 5.69 Å². The number of anilines is 1. The number of hydrogen-bond acceptors (Lipinski definition) is 4. The molecule has 1 aliphatic rings. The number of benzene rings is 1. The van der Waals surface area contributed by atoms with Gasteiger partial charge in [-0.25, -0.2) is 0 Å². The summed E-state index contributed by atoms with van der Waals surface area (Å²) in [5, 5.41) is 1.13. The van der Waals surface area contributed by atoms with Gasteiger partial charge in [-0.2, -0.15) is 0 Å². The first-order valence-electron chi connectivity index (χ1n) is 6.55. The quantitative estimate of drug-likeness (QED) is 0.803. The SMILES string of the molecule is COC(=O)C(C)N1CCN(c2ccc(Cl)c(Cl)c2)CC1. The molecule has 1 aromatic carbocycles. The van der Waals surface area contributed by atoms with E-state index < -0.39 is 0 Å². The van der Waals surface area contributed by atoms with Crippen molar-refractivity contribution in [1.82, 2.24) is 4.90 Å². The molecule has 0 spiro atoms. The highest BCUT2D eigenvalue weighted by atomic mass is 35.5. The first kappa shape index (κ1) is 15.4. The van der Waals surface area contributed by atoms with E-state index in [0.29, 0.717) is 10.0 Å². The highest BCUT2D eigenvalue weighted by molar-refractivity contribution is 6.42. The number of carbonyl (C=O) groups is 1. The molecular weight excluding hydrogens is 299 g/mol. The number of ether oxygens (including phenoxy) is 1. The van der Waals surface area contributed by atoms with E-state index in [2.05, 4.69) is 9.80 Å². The maximum absolute atomic E-state index is 11.5. The van der Waals surface area contributed by atoms with Crippen LogP contribution in [0.1, 0.15) is 6.92 Å². The molecule has 4 nitrogen and oxygen atoms in total. The van der Waals surface area contributed by atoms with Crippen LogP contribution in [0.5, 0.6) is 0 Å². The minimum atomic E-state index is -0.198. The Morgan fingerprint density at radius 2 is 1.85 bits per heavy atom. The molecule has 1 aromatic rings. The second-order valence-electron chi connectivity index (χ2n) is 4.82. The van der Waals surface area contributed by atoms with Crippen LogP contribution in [0.2, 0.25) is 10.0 Å². The Bertz CT molecular complexity index is 488. The van der Waals surface area contributed by atoms with Gasteiger partial charge < -0.3 is 9.64 Å². The summed E-state index contributed by atoms with van der Waals surface area (Å²) >= 11 is 12.0. The lowest BCUT2D eigenvalue weighted by Gasteiger charge is -2.38. The van der Waals surface area contributed by atoms with E-state index in [1.165, 1.54) is 7.11 Å². The van der Waals surface area contributed by atoms with Crippen molar-refractivity contribution >= 4 is 34.9 Å². The second-order valence-corrected chi connectivity index (χ2v) is 5.63. The van der Waals surface area contributed by atoms with Gasteiger partial charge in [0.2, 0.25) is 0 Å². The Kier molecular flexibility index (Phi) is 5.13. The smallest absolute Gasteiger partial charge is 0.322 e. The number of methoxy groups -OCH3 is 1. The van der Waals surface area contributed by atoms with E-state index in [0.717, 1.165) is 31.9 Å². The average Bonchev–Trinajstić information content (AvgIpc) is 2.48. The van der Waals surface area contributed by atoms with Gasteiger partial charge in [0, 0.05) is 31.9 Å². The molecule has 0 radical (unpaired) electrons. The fraction of sp³-hybridized carbons (Fsp3) is 0.500. The molecule has 1 atom stereocenters. The standard InChI is InChI=1S/C14H18Cl2N2O2/c1-10(14(19)20-2)17-5-7-18(8-6-17)11-3-4-12(15)13(16)9-11/h3-4,9-10H,5-8H2,1-2H3. The summed E-state index contributed by atoms with van der Waals surface area (Å²) in [6, 6.07) is 5.45. The van der Waals surface area contributed by atoms with Crippen LogP contribution < -0.4 is 4.90 Å². The maximum atomic E-state index is 11.5. The Morgan fingerprint density at radius 1 is 1.20 bits per heavy atom. The molecule has 110 valence electrons. The van der Waals surface area contributed by atoms with E-state index in [9.17, 15) is 4.79 Å². The number of rotatable bonds is 3. The minimum Gasteiger partial charge on any atom is -0.468 e. The lowest BCUT2D eigenvalue weighted by molar-refractivity contribution is -0.146. The van der Waals surface area contributed by atoms with E-state index >= 15 is 0 Å². The summed E-state index contributed by atoms with van der Waals surface area (Å²) in [5.74, 6) is -0.187. The number of carbonyl (C=O) groups excluding carboxylic acids is 1. The van der Waals surface area contributed by atoms with Gasteiger partial charge in [-0.05, 0) is 25.1 Å². The topological polar surface area (TPSA) is 32.8 Å². The molecule has 2 rings (SSSR count). The number of esters is 1. The lowest BCUT2D eigenvalue weighted by atomic mass is 10.2. The van der Waals surface area contributed by atoms with Crippen LogP contribution >= 0.6 is 23.2 Å². The van der Waals surface area contributed by atoms with Crippen molar-refractivity contribution in [1.29, 1.82) is 0 Å². The van der Waals surface area contributed by atoms with Crippen molar-refractivity contribution in [2.24, 2.45) is 0 Å². The number of halogens is 2. The van der Waals surface area contributed by atoms with Crippen molar-refractivity contribution in [2.45, 2.75) is 13.0 Å². The van der Waals surface area contributed by atoms with Crippen LogP contribution in [0, 0.1) is 0 Å². The van der Waals surface area contributed by atoms with Gasteiger partial charge >= 0.3 is 5.97 Å². The largest absolute Gasteiger partial charge is 0.468 e. The predicted molar refractivity (Wildman–Crippen MR) is 81.7 cm³/mol. The third kappa shape index (κ3) is 3.37. The molecular formula is C14H18Cl2N2O2. The molecule has 0 amide bonds. The molecule has 0 aromatic heterocycles.